The Bertz CT molecular complexity index is 650. The molecule has 1 heterocycles. The molecule has 1 aromatic heterocycles. The summed E-state index contributed by atoms with van der Waals surface area (Å²) in [7, 11) is 0. The Hall–Kier alpha value is -2.37. The van der Waals surface area contributed by atoms with Gasteiger partial charge in [0.05, 0.1) is 5.27 Å². The highest BCUT2D eigenvalue weighted by Gasteiger charge is 2.35. The SMILES string of the molecule is CCCC(=O)N(Cc1c([O-])on[n+]1-c1ccccc1)C1CC1. The number of benzene rings is 1. The lowest BCUT2D eigenvalue weighted by molar-refractivity contribution is -0.678. The Labute approximate surface area is 128 Å². The summed E-state index contributed by atoms with van der Waals surface area (Å²) in [5.74, 6) is -0.399. The number of para-hydroxylation sites is 1. The van der Waals surface area contributed by atoms with E-state index in [1.54, 1.807) is 4.90 Å². The molecular formula is C16H19N3O3. The van der Waals surface area contributed by atoms with Gasteiger partial charge in [0.2, 0.25) is 11.6 Å². The highest BCUT2D eigenvalue weighted by molar-refractivity contribution is 5.76. The molecule has 116 valence electrons. The monoisotopic (exact) mass is 301 g/mol. The lowest BCUT2D eigenvalue weighted by Gasteiger charge is -2.20. The molecule has 1 aliphatic carbocycles. The quantitative estimate of drug-likeness (QED) is 0.754. The van der Waals surface area contributed by atoms with Crippen LogP contribution < -0.4 is 9.79 Å². The summed E-state index contributed by atoms with van der Waals surface area (Å²) >= 11 is 0. The van der Waals surface area contributed by atoms with Gasteiger partial charge in [-0.2, -0.15) is 0 Å². The van der Waals surface area contributed by atoms with E-state index >= 15 is 0 Å². The van der Waals surface area contributed by atoms with Crippen LogP contribution in [-0.4, -0.2) is 22.1 Å². The number of hydrogen-bond acceptors (Lipinski definition) is 4. The van der Waals surface area contributed by atoms with Gasteiger partial charge in [0.1, 0.15) is 6.54 Å². The minimum atomic E-state index is -0.487. The number of rotatable bonds is 6. The van der Waals surface area contributed by atoms with E-state index in [2.05, 4.69) is 5.27 Å². The summed E-state index contributed by atoms with van der Waals surface area (Å²) in [5, 5.41) is 15.8. The van der Waals surface area contributed by atoms with Crippen LogP contribution in [0.25, 0.3) is 5.69 Å². The third-order valence-corrected chi connectivity index (χ3v) is 3.79. The predicted octanol–water partition coefficient (Wildman–Crippen LogP) is 1.32. The Balaban J connectivity index is 1.88. The predicted molar refractivity (Wildman–Crippen MR) is 76.0 cm³/mol. The largest absolute Gasteiger partial charge is 0.539 e. The van der Waals surface area contributed by atoms with Gasteiger partial charge < -0.3 is 14.5 Å². The lowest BCUT2D eigenvalue weighted by Crippen LogP contribution is -2.42. The Morgan fingerprint density at radius 1 is 1.41 bits per heavy atom. The van der Waals surface area contributed by atoms with Crippen molar-refractivity contribution in [3.05, 3.63) is 36.0 Å². The first-order chi connectivity index (χ1) is 10.7. The van der Waals surface area contributed by atoms with Crippen molar-refractivity contribution in [3.8, 4) is 11.6 Å². The van der Waals surface area contributed by atoms with Crippen LogP contribution in [-0.2, 0) is 11.3 Å². The van der Waals surface area contributed by atoms with Crippen LogP contribution in [0.4, 0.5) is 0 Å². The molecule has 0 bridgehead atoms. The number of aromatic nitrogens is 2. The molecule has 22 heavy (non-hydrogen) atoms. The normalized spacial score (nSPS) is 14.0. The zero-order valence-corrected chi connectivity index (χ0v) is 12.6. The molecule has 0 atom stereocenters. The highest BCUT2D eigenvalue weighted by atomic mass is 16.6. The van der Waals surface area contributed by atoms with Crippen LogP contribution in [0.15, 0.2) is 34.9 Å². The van der Waals surface area contributed by atoms with Gasteiger partial charge in [-0.3, -0.25) is 4.79 Å². The van der Waals surface area contributed by atoms with Crippen LogP contribution in [0.1, 0.15) is 38.3 Å². The number of carbonyl (C=O) groups is 1. The summed E-state index contributed by atoms with van der Waals surface area (Å²) in [6, 6.07) is 9.57. The summed E-state index contributed by atoms with van der Waals surface area (Å²) in [4.78, 5) is 14.1. The second kappa shape index (κ2) is 6.17. The van der Waals surface area contributed by atoms with Crippen molar-refractivity contribution < 1.29 is 19.1 Å². The van der Waals surface area contributed by atoms with E-state index in [4.69, 9.17) is 4.52 Å². The molecule has 1 fully saturated rings. The molecule has 0 saturated heterocycles. The maximum absolute atomic E-state index is 12.3. The molecular weight excluding hydrogens is 282 g/mol. The number of nitrogens with zero attached hydrogens (tertiary/aromatic N) is 3. The topological polar surface area (TPSA) is 73.3 Å². The second-order valence-corrected chi connectivity index (χ2v) is 5.56. The summed E-state index contributed by atoms with van der Waals surface area (Å²) < 4.78 is 6.29. The summed E-state index contributed by atoms with van der Waals surface area (Å²) in [6.07, 6.45) is 3.30. The average molecular weight is 301 g/mol. The lowest BCUT2D eigenvalue weighted by atomic mass is 10.2. The standard InChI is InChI=1S/C16H19N3O3/c1-2-6-15(20)18(12-9-10-12)11-14-16(21)22-17-19(14)13-7-4-3-5-8-13/h3-5,7-8,12H,2,6,9-11H2,1H3. The van der Waals surface area contributed by atoms with E-state index < -0.39 is 5.95 Å². The number of amides is 1. The van der Waals surface area contributed by atoms with Gasteiger partial charge >= 0.3 is 0 Å². The molecule has 1 amide bonds. The number of carbonyl (C=O) groups excluding carboxylic acids is 1. The number of hydrogen-bond donors (Lipinski definition) is 0. The fourth-order valence-electron chi connectivity index (χ4n) is 2.50. The van der Waals surface area contributed by atoms with Gasteiger partial charge in [-0.25, -0.2) is 0 Å². The average Bonchev–Trinajstić information content (AvgIpc) is 3.30. The summed E-state index contributed by atoms with van der Waals surface area (Å²) in [6.45, 7) is 2.23. The molecule has 1 aromatic carbocycles. The third kappa shape index (κ3) is 2.95. The molecule has 6 nitrogen and oxygen atoms in total. The molecule has 0 aliphatic heterocycles. The van der Waals surface area contributed by atoms with Crippen LogP contribution in [0.5, 0.6) is 5.95 Å². The molecule has 2 aromatic rings. The molecule has 1 saturated carbocycles. The molecule has 3 rings (SSSR count). The molecule has 0 N–H and O–H groups in total. The Morgan fingerprint density at radius 2 is 2.14 bits per heavy atom. The van der Waals surface area contributed by atoms with E-state index in [0.717, 1.165) is 24.9 Å². The Morgan fingerprint density at radius 3 is 2.77 bits per heavy atom. The first-order valence-electron chi connectivity index (χ1n) is 7.63. The van der Waals surface area contributed by atoms with Gasteiger partial charge in [-0.1, -0.05) is 25.1 Å². The van der Waals surface area contributed by atoms with Crippen molar-refractivity contribution in [1.29, 1.82) is 0 Å². The maximum Gasteiger partial charge on any atom is 0.259 e. The van der Waals surface area contributed by atoms with Crippen molar-refractivity contribution in [1.82, 2.24) is 10.2 Å². The molecule has 0 unspecified atom stereocenters. The van der Waals surface area contributed by atoms with Gasteiger partial charge in [0.25, 0.3) is 5.69 Å². The zero-order chi connectivity index (χ0) is 15.5. The van der Waals surface area contributed by atoms with Crippen molar-refractivity contribution in [2.45, 2.75) is 45.2 Å². The molecule has 1 aliphatic rings. The molecule has 0 spiro atoms. The fraction of sp³-hybridized carbons (Fsp3) is 0.438. The van der Waals surface area contributed by atoms with E-state index in [1.807, 2.05) is 37.3 Å². The zero-order valence-electron chi connectivity index (χ0n) is 12.6. The molecule has 6 heteroatoms. The molecule has 0 radical (unpaired) electrons. The van der Waals surface area contributed by atoms with E-state index in [-0.39, 0.29) is 18.5 Å². The van der Waals surface area contributed by atoms with Crippen molar-refractivity contribution >= 4 is 5.91 Å². The Kier molecular flexibility index (Phi) is 4.09. The minimum Gasteiger partial charge on any atom is -0.539 e. The minimum absolute atomic E-state index is 0.0882. The highest BCUT2D eigenvalue weighted by Crippen LogP contribution is 2.29. The fourth-order valence-corrected chi connectivity index (χ4v) is 2.50. The van der Waals surface area contributed by atoms with Crippen molar-refractivity contribution in [3.63, 3.8) is 0 Å². The van der Waals surface area contributed by atoms with Crippen molar-refractivity contribution in [2.75, 3.05) is 0 Å². The van der Waals surface area contributed by atoms with Crippen molar-refractivity contribution in [2.24, 2.45) is 0 Å². The summed E-state index contributed by atoms with van der Waals surface area (Å²) in [5.41, 5.74) is 1.14. The van der Waals surface area contributed by atoms with Gasteiger partial charge in [-0.05, 0) is 23.9 Å². The maximum atomic E-state index is 12.3. The smallest absolute Gasteiger partial charge is 0.259 e. The van der Waals surface area contributed by atoms with Crippen LogP contribution in [0.3, 0.4) is 0 Å². The first-order valence-corrected chi connectivity index (χ1v) is 7.63. The van der Waals surface area contributed by atoms with E-state index in [0.29, 0.717) is 12.1 Å². The third-order valence-electron chi connectivity index (χ3n) is 3.79. The second-order valence-electron chi connectivity index (χ2n) is 5.56. The van der Waals surface area contributed by atoms with E-state index in [1.165, 1.54) is 4.68 Å². The van der Waals surface area contributed by atoms with Gasteiger partial charge in [-0.15, -0.1) is 0 Å². The van der Waals surface area contributed by atoms with Crippen LogP contribution in [0.2, 0.25) is 0 Å². The van der Waals surface area contributed by atoms with Crippen LogP contribution >= 0.6 is 0 Å². The first kappa shape index (κ1) is 14.6. The van der Waals surface area contributed by atoms with Gasteiger partial charge in [0.15, 0.2) is 5.95 Å². The van der Waals surface area contributed by atoms with E-state index in [9.17, 15) is 9.90 Å². The van der Waals surface area contributed by atoms with Crippen LogP contribution in [0, 0.1) is 0 Å². The van der Waals surface area contributed by atoms with Gasteiger partial charge in [0, 0.05) is 24.6 Å².